The zero-order valence-corrected chi connectivity index (χ0v) is 13.8. The van der Waals surface area contributed by atoms with Crippen LogP contribution in [0.25, 0.3) is 0 Å². The Balaban J connectivity index is 1.29. The van der Waals surface area contributed by atoms with E-state index in [0.717, 1.165) is 38.4 Å². The first-order valence-electron chi connectivity index (χ1n) is 8.56. The highest BCUT2D eigenvalue weighted by molar-refractivity contribution is 5.82. The lowest BCUT2D eigenvalue weighted by Gasteiger charge is -2.60. The van der Waals surface area contributed by atoms with Gasteiger partial charge in [-0.05, 0) is 33.0 Å². The predicted octanol–water partition coefficient (Wildman–Crippen LogP) is 0.352. The Morgan fingerprint density at radius 3 is 2.64 bits per heavy atom. The molecule has 6 nitrogen and oxygen atoms in total. The van der Waals surface area contributed by atoms with Crippen LogP contribution in [0, 0.1) is 10.8 Å². The number of rotatable bonds is 3. The molecule has 0 bridgehead atoms. The molecule has 0 amide bonds. The van der Waals surface area contributed by atoms with Crippen molar-refractivity contribution in [2.45, 2.75) is 25.9 Å². The molecule has 1 atom stereocenters. The topological polar surface area (TPSA) is 49.3 Å². The summed E-state index contributed by atoms with van der Waals surface area (Å²) in [6.45, 7) is 10.8. The van der Waals surface area contributed by atoms with Gasteiger partial charge in [0.2, 0.25) is 5.90 Å². The summed E-state index contributed by atoms with van der Waals surface area (Å²) in [7, 11) is 2.20. The normalized spacial score (nSPS) is 34.1. The van der Waals surface area contributed by atoms with E-state index in [9.17, 15) is 0 Å². The standard InChI is InChI=1S/C16H28N4O2/c1-15(3-5-17-6-4-15)14-18-21-8-13(22-14)7-20-11-16(12-20)9-19(2)10-16/h13,17H,3-12H2,1-2H3. The Bertz CT molecular complexity index is 447. The Kier molecular flexibility index (Phi) is 3.58. The molecule has 0 aliphatic carbocycles. The van der Waals surface area contributed by atoms with Crippen molar-refractivity contribution < 1.29 is 9.57 Å². The van der Waals surface area contributed by atoms with E-state index in [2.05, 4.69) is 34.2 Å². The van der Waals surface area contributed by atoms with Crippen molar-refractivity contribution in [3.8, 4) is 0 Å². The fraction of sp³-hybridized carbons (Fsp3) is 0.938. The molecule has 124 valence electrons. The van der Waals surface area contributed by atoms with Crippen molar-refractivity contribution in [1.29, 1.82) is 0 Å². The zero-order chi connectivity index (χ0) is 15.2. The highest BCUT2D eigenvalue weighted by atomic mass is 16.7. The summed E-state index contributed by atoms with van der Waals surface area (Å²) in [6.07, 6.45) is 2.27. The van der Waals surface area contributed by atoms with Crippen molar-refractivity contribution in [3.05, 3.63) is 0 Å². The molecule has 1 N–H and O–H groups in total. The smallest absolute Gasteiger partial charge is 0.232 e. The van der Waals surface area contributed by atoms with Crippen LogP contribution >= 0.6 is 0 Å². The molecule has 0 aromatic rings. The van der Waals surface area contributed by atoms with E-state index >= 15 is 0 Å². The van der Waals surface area contributed by atoms with Crippen LogP contribution in [0.5, 0.6) is 0 Å². The average Bonchev–Trinajstić information content (AvgIpc) is 2.45. The molecule has 1 unspecified atom stereocenters. The third kappa shape index (κ3) is 2.61. The lowest BCUT2D eigenvalue weighted by molar-refractivity contribution is -0.122. The van der Waals surface area contributed by atoms with Crippen LogP contribution in [-0.4, -0.2) is 81.3 Å². The second kappa shape index (κ2) is 5.35. The molecule has 0 aromatic carbocycles. The molecule has 6 heteroatoms. The molecule has 4 aliphatic heterocycles. The Morgan fingerprint density at radius 2 is 1.95 bits per heavy atom. The molecule has 0 radical (unpaired) electrons. The van der Waals surface area contributed by atoms with Gasteiger partial charge in [0, 0.05) is 43.6 Å². The van der Waals surface area contributed by atoms with Crippen LogP contribution in [0.1, 0.15) is 19.8 Å². The van der Waals surface area contributed by atoms with E-state index < -0.39 is 0 Å². The summed E-state index contributed by atoms with van der Waals surface area (Å²) >= 11 is 0. The summed E-state index contributed by atoms with van der Waals surface area (Å²) in [5.41, 5.74) is 0.624. The largest absolute Gasteiger partial charge is 0.470 e. The van der Waals surface area contributed by atoms with E-state index in [1.165, 1.54) is 26.2 Å². The van der Waals surface area contributed by atoms with Gasteiger partial charge in [0.15, 0.2) is 6.61 Å². The minimum atomic E-state index is 0.0385. The lowest BCUT2D eigenvalue weighted by atomic mass is 9.73. The van der Waals surface area contributed by atoms with Gasteiger partial charge in [-0.1, -0.05) is 12.1 Å². The number of nitrogens with zero attached hydrogens (tertiary/aromatic N) is 3. The van der Waals surface area contributed by atoms with Gasteiger partial charge in [0.25, 0.3) is 0 Å². The first-order valence-corrected chi connectivity index (χ1v) is 8.56. The van der Waals surface area contributed by atoms with Crippen LogP contribution in [-0.2, 0) is 9.57 Å². The SMILES string of the molecule is CN1CC2(C1)CN(CC1CON=C(C3(C)CCNCC3)O1)C2. The van der Waals surface area contributed by atoms with Crippen molar-refractivity contribution in [2.24, 2.45) is 16.0 Å². The van der Waals surface area contributed by atoms with Crippen LogP contribution in [0.2, 0.25) is 0 Å². The Labute approximate surface area is 132 Å². The summed E-state index contributed by atoms with van der Waals surface area (Å²) < 4.78 is 6.22. The van der Waals surface area contributed by atoms with Crippen molar-refractivity contribution in [1.82, 2.24) is 15.1 Å². The maximum absolute atomic E-state index is 6.22. The number of hydrogen-bond donors (Lipinski definition) is 1. The van der Waals surface area contributed by atoms with Gasteiger partial charge < -0.3 is 19.8 Å². The molecule has 4 heterocycles. The third-order valence-electron chi connectivity index (χ3n) is 5.70. The van der Waals surface area contributed by atoms with E-state index in [1.807, 2.05) is 0 Å². The quantitative estimate of drug-likeness (QED) is 0.815. The molecule has 0 aromatic heterocycles. The zero-order valence-electron chi connectivity index (χ0n) is 13.8. The molecule has 22 heavy (non-hydrogen) atoms. The monoisotopic (exact) mass is 308 g/mol. The molecule has 3 saturated heterocycles. The Hall–Kier alpha value is -0.850. The summed E-state index contributed by atoms with van der Waals surface area (Å²) in [6, 6.07) is 0. The highest BCUT2D eigenvalue weighted by Gasteiger charge is 2.50. The summed E-state index contributed by atoms with van der Waals surface area (Å²) in [4.78, 5) is 10.4. The van der Waals surface area contributed by atoms with E-state index in [1.54, 1.807) is 0 Å². The Morgan fingerprint density at radius 1 is 1.23 bits per heavy atom. The number of likely N-dealkylation sites (tertiary alicyclic amines) is 2. The maximum atomic E-state index is 6.22. The second-order valence-electron chi connectivity index (χ2n) is 8.08. The van der Waals surface area contributed by atoms with Gasteiger partial charge in [0.05, 0.1) is 0 Å². The van der Waals surface area contributed by atoms with Crippen LogP contribution in [0.15, 0.2) is 5.16 Å². The van der Waals surface area contributed by atoms with Crippen molar-refractivity contribution in [3.63, 3.8) is 0 Å². The van der Waals surface area contributed by atoms with E-state index in [-0.39, 0.29) is 11.5 Å². The third-order valence-corrected chi connectivity index (χ3v) is 5.70. The number of nitrogens with one attached hydrogen (secondary N) is 1. The molecule has 3 fully saturated rings. The lowest BCUT2D eigenvalue weighted by Crippen LogP contribution is -2.71. The molecule has 4 aliphatic rings. The number of ether oxygens (including phenoxy) is 1. The summed E-state index contributed by atoms with van der Waals surface area (Å²) in [5.74, 6) is 0.823. The van der Waals surface area contributed by atoms with E-state index in [4.69, 9.17) is 9.57 Å². The van der Waals surface area contributed by atoms with Gasteiger partial charge in [-0.3, -0.25) is 4.90 Å². The van der Waals surface area contributed by atoms with E-state index in [0.29, 0.717) is 12.0 Å². The maximum Gasteiger partial charge on any atom is 0.232 e. The molecule has 0 saturated carbocycles. The van der Waals surface area contributed by atoms with Gasteiger partial charge in [-0.25, -0.2) is 0 Å². The van der Waals surface area contributed by atoms with Crippen LogP contribution < -0.4 is 5.32 Å². The predicted molar refractivity (Wildman–Crippen MR) is 84.8 cm³/mol. The van der Waals surface area contributed by atoms with Gasteiger partial charge in [-0.2, -0.15) is 0 Å². The van der Waals surface area contributed by atoms with Crippen LogP contribution in [0.4, 0.5) is 0 Å². The van der Waals surface area contributed by atoms with Crippen molar-refractivity contribution in [2.75, 3.05) is 59.5 Å². The second-order valence-corrected chi connectivity index (χ2v) is 8.08. The van der Waals surface area contributed by atoms with Gasteiger partial charge >= 0.3 is 0 Å². The fourth-order valence-electron chi connectivity index (χ4n) is 4.55. The minimum Gasteiger partial charge on any atom is -0.470 e. The molecular formula is C16H28N4O2. The first kappa shape index (κ1) is 14.7. The number of hydrogen-bond acceptors (Lipinski definition) is 6. The number of piperidine rings is 1. The average molecular weight is 308 g/mol. The molecule has 4 rings (SSSR count). The fourth-order valence-corrected chi connectivity index (χ4v) is 4.55. The van der Waals surface area contributed by atoms with Crippen molar-refractivity contribution >= 4 is 5.90 Å². The molecule has 1 spiro atoms. The molecular weight excluding hydrogens is 280 g/mol. The number of oxime groups is 1. The van der Waals surface area contributed by atoms with Gasteiger partial charge in [0.1, 0.15) is 6.10 Å². The summed E-state index contributed by atoms with van der Waals surface area (Å²) in [5, 5.41) is 7.64. The first-order chi connectivity index (χ1) is 10.6. The highest BCUT2D eigenvalue weighted by Crippen LogP contribution is 2.39. The van der Waals surface area contributed by atoms with Gasteiger partial charge in [-0.15, -0.1) is 0 Å². The van der Waals surface area contributed by atoms with Crippen LogP contribution in [0.3, 0.4) is 0 Å². The minimum absolute atomic E-state index is 0.0385.